The van der Waals surface area contributed by atoms with Gasteiger partial charge in [0.1, 0.15) is 6.33 Å². The number of amides is 1. The number of pyridine rings is 1. The number of rotatable bonds is 3. The largest absolute Gasteiger partial charge is 0.322 e. The lowest BCUT2D eigenvalue weighted by Crippen LogP contribution is -2.12. The smallest absolute Gasteiger partial charge is 0.258 e. The molecule has 102 valence electrons. The summed E-state index contributed by atoms with van der Waals surface area (Å²) in [4.78, 5) is 23.9. The first kappa shape index (κ1) is 12.9. The molecule has 0 fully saturated rings. The third-order valence-corrected chi connectivity index (χ3v) is 2.93. The predicted molar refractivity (Wildman–Crippen MR) is 79.7 cm³/mol. The molecule has 0 radical (unpaired) electrons. The molecule has 1 N–H and O–H groups in total. The van der Waals surface area contributed by atoms with Crippen molar-refractivity contribution in [1.82, 2.24) is 15.0 Å². The lowest BCUT2D eigenvalue weighted by Gasteiger charge is -2.06. The first-order valence-electron chi connectivity index (χ1n) is 6.41. The van der Waals surface area contributed by atoms with Crippen LogP contribution in [0.4, 0.5) is 5.69 Å². The summed E-state index contributed by atoms with van der Waals surface area (Å²) >= 11 is 0. The third kappa shape index (κ3) is 3.09. The first-order chi connectivity index (χ1) is 10.3. The van der Waals surface area contributed by atoms with Crippen molar-refractivity contribution in [2.75, 3.05) is 5.32 Å². The number of carbonyl (C=O) groups excluding carboxylic acids is 1. The van der Waals surface area contributed by atoms with E-state index >= 15 is 0 Å². The van der Waals surface area contributed by atoms with Crippen molar-refractivity contribution in [3.8, 4) is 11.3 Å². The van der Waals surface area contributed by atoms with E-state index < -0.39 is 0 Å². The molecule has 0 aliphatic heterocycles. The fourth-order valence-electron chi connectivity index (χ4n) is 1.88. The van der Waals surface area contributed by atoms with Crippen molar-refractivity contribution in [3.05, 3.63) is 72.9 Å². The minimum atomic E-state index is -0.235. The van der Waals surface area contributed by atoms with Crippen molar-refractivity contribution in [2.45, 2.75) is 0 Å². The van der Waals surface area contributed by atoms with Gasteiger partial charge in [-0.15, -0.1) is 0 Å². The van der Waals surface area contributed by atoms with Crippen LogP contribution in [0, 0.1) is 0 Å². The molecule has 0 aliphatic rings. The monoisotopic (exact) mass is 276 g/mol. The van der Waals surface area contributed by atoms with Gasteiger partial charge in [-0.2, -0.15) is 0 Å². The molecule has 0 saturated heterocycles. The molecule has 0 bridgehead atoms. The van der Waals surface area contributed by atoms with Gasteiger partial charge in [-0.05, 0) is 24.3 Å². The molecule has 0 atom stereocenters. The van der Waals surface area contributed by atoms with Gasteiger partial charge in [-0.3, -0.25) is 9.78 Å². The van der Waals surface area contributed by atoms with Crippen LogP contribution in [0.5, 0.6) is 0 Å². The van der Waals surface area contributed by atoms with Gasteiger partial charge < -0.3 is 5.32 Å². The second-order valence-corrected chi connectivity index (χ2v) is 4.37. The van der Waals surface area contributed by atoms with Crippen molar-refractivity contribution in [2.24, 2.45) is 0 Å². The summed E-state index contributed by atoms with van der Waals surface area (Å²) in [6, 6.07) is 13.3. The number of nitrogens with one attached hydrogen (secondary N) is 1. The molecule has 3 rings (SSSR count). The Bertz CT molecular complexity index is 727. The fourth-order valence-corrected chi connectivity index (χ4v) is 1.88. The summed E-state index contributed by atoms with van der Waals surface area (Å²) in [5.74, 6) is -0.235. The summed E-state index contributed by atoms with van der Waals surface area (Å²) in [6.45, 7) is 0. The van der Waals surface area contributed by atoms with Crippen LogP contribution in [0.2, 0.25) is 0 Å². The second-order valence-electron chi connectivity index (χ2n) is 4.37. The van der Waals surface area contributed by atoms with Crippen molar-refractivity contribution in [3.63, 3.8) is 0 Å². The predicted octanol–water partition coefficient (Wildman–Crippen LogP) is 2.79. The van der Waals surface area contributed by atoms with E-state index in [4.69, 9.17) is 0 Å². The topological polar surface area (TPSA) is 67.8 Å². The Balaban J connectivity index is 1.75. The van der Waals surface area contributed by atoms with E-state index in [1.54, 1.807) is 6.20 Å². The molecule has 1 aromatic carbocycles. The van der Waals surface area contributed by atoms with Gasteiger partial charge in [0.2, 0.25) is 0 Å². The van der Waals surface area contributed by atoms with Crippen LogP contribution in [-0.4, -0.2) is 20.9 Å². The van der Waals surface area contributed by atoms with Crippen LogP contribution in [0.15, 0.2) is 67.4 Å². The quantitative estimate of drug-likeness (QED) is 0.798. The van der Waals surface area contributed by atoms with Crippen molar-refractivity contribution >= 4 is 11.6 Å². The van der Waals surface area contributed by atoms with E-state index in [1.807, 2.05) is 42.5 Å². The maximum absolute atomic E-state index is 12.0. The van der Waals surface area contributed by atoms with Crippen LogP contribution < -0.4 is 5.32 Å². The molecular weight excluding hydrogens is 264 g/mol. The second kappa shape index (κ2) is 5.92. The van der Waals surface area contributed by atoms with Gasteiger partial charge in [-0.1, -0.05) is 18.2 Å². The van der Waals surface area contributed by atoms with E-state index in [0.29, 0.717) is 11.3 Å². The van der Waals surface area contributed by atoms with Crippen LogP contribution in [0.3, 0.4) is 0 Å². The van der Waals surface area contributed by atoms with Gasteiger partial charge in [0.05, 0.1) is 11.3 Å². The average Bonchev–Trinajstić information content (AvgIpc) is 2.57. The van der Waals surface area contributed by atoms with E-state index in [2.05, 4.69) is 20.3 Å². The Kier molecular flexibility index (Phi) is 3.64. The normalized spacial score (nSPS) is 10.1. The van der Waals surface area contributed by atoms with Crippen molar-refractivity contribution in [1.29, 1.82) is 0 Å². The number of benzene rings is 1. The molecular formula is C16H12N4O. The molecule has 0 aliphatic carbocycles. The number of aromatic nitrogens is 3. The number of hydrogen-bond acceptors (Lipinski definition) is 4. The zero-order valence-electron chi connectivity index (χ0n) is 11.1. The lowest BCUT2D eigenvalue weighted by molar-refractivity contribution is 0.102. The molecule has 5 heteroatoms. The highest BCUT2D eigenvalue weighted by molar-refractivity contribution is 6.03. The number of hydrogen-bond donors (Lipinski definition) is 1. The lowest BCUT2D eigenvalue weighted by atomic mass is 10.1. The Morgan fingerprint density at radius 2 is 1.71 bits per heavy atom. The minimum Gasteiger partial charge on any atom is -0.322 e. The molecule has 3 aromatic rings. The Labute approximate surface area is 121 Å². The molecule has 2 aromatic heterocycles. The van der Waals surface area contributed by atoms with Crippen LogP contribution in [0.1, 0.15) is 10.4 Å². The van der Waals surface area contributed by atoms with Gasteiger partial charge in [0, 0.05) is 29.8 Å². The Morgan fingerprint density at radius 1 is 0.952 bits per heavy atom. The van der Waals surface area contributed by atoms with Crippen LogP contribution in [0.25, 0.3) is 11.3 Å². The van der Waals surface area contributed by atoms with E-state index in [0.717, 1.165) is 11.3 Å². The molecule has 1 amide bonds. The number of anilines is 1. The number of nitrogens with zero attached hydrogens (tertiary/aromatic N) is 3. The first-order valence-corrected chi connectivity index (χ1v) is 6.41. The maximum atomic E-state index is 12.0. The van der Waals surface area contributed by atoms with Gasteiger partial charge in [0.15, 0.2) is 0 Å². The van der Waals surface area contributed by atoms with Crippen LogP contribution >= 0.6 is 0 Å². The number of carbonyl (C=O) groups is 1. The molecule has 0 saturated carbocycles. The molecule has 5 nitrogen and oxygen atoms in total. The SMILES string of the molecule is O=C(Nc1ccc(-c2ccccn2)cc1)c1cncnc1. The van der Waals surface area contributed by atoms with E-state index in [1.165, 1.54) is 18.7 Å². The highest BCUT2D eigenvalue weighted by Gasteiger charge is 2.06. The van der Waals surface area contributed by atoms with Crippen molar-refractivity contribution < 1.29 is 4.79 Å². The van der Waals surface area contributed by atoms with Gasteiger partial charge in [-0.25, -0.2) is 9.97 Å². The molecule has 0 spiro atoms. The summed E-state index contributed by atoms with van der Waals surface area (Å²) in [5.41, 5.74) is 3.03. The average molecular weight is 276 g/mol. The standard InChI is InChI=1S/C16H12N4O/c21-16(13-9-17-11-18-10-13)20-14-6-4-12(5-7-14)15-3-1-2-8-19-15/h1-11H,(H,20,21). The highest BCUT2D eigenvalue weighted by Crippen LogP contribution is 2.19. The summed E-state index contributed by atoms with van der Waals surface area (Å²) in [5, 5.41) is 2.80. The minimum absolute atomic E-state index is 0.235. The van der Waals surface area contributed by atoms with E-state index in [9.17, 15) is 4.79 Å². The summed E-state index contributed by atoms with van der Waals surface area (Å²) in [6.07, 6.45) is 6.09. The van der Waals surface area contributed by atoms with Crippen LogP contribution in [-0.2, 0) is 0 Å². The molecule has 2 heterocycles. The third-order valence-electron chi connectivity index (χ3n) is 2.93. The van der Waals surface area contributed by atoms with Gasteiger partial charge >= 0.3 is 0 Å². The highest BCUT2D eigenvalue weighted by atomic mass is 16.1. The Morgan fingerprint density at radius 3 is 2.38 bits per heavy atom. The Hall–Kier alpha value is -3.08. The zero-order chi connectivity index (χ0) is 14.5. The summed E-state index contributed by atoms with van der Waals surface area (Å²) < 4.78 is 0. The summed E-state index contributed by atoms with van der Waals surface area (Å²) in [7, 11) is 0. The molecule has 0 unspecified atom stereocenters. The fraction of sp³-hybridized carbons (Fsp3) is 0. The zero-order valence-corrected chi connectivity index (χ0v) is 11.1. The molecule has 21 heavy (non-hydrogen) atoms. The maximum Gasteiger partial charge on any atom is 0.258 e. The van der Waals surface area contributed by atoms with Gasteiger partial charge in [0.25, 0.3) is 5.91 Å². The van der Waals surface area contributed by atoms with E-state index in [-0.39, 0.29) is 5.91 Å².